The van der Waals surface area contributed by atoms with Gasteiger partial charge in [-0.05, 0) is 60.7 Å². The summed E-state index contributed by atoms with van der Waals surface area (Å²) in [5, 5.41) is 3.38. The second-order valence-corrected chi connectivity index (χ2v) is 7.80. The molecule has 0 fully saturated rings. The Morgan fingerprint density at radius 1 is 1.08 bits per heavy atom. The van der Waals surface area contributed by atoms with Crippen molar-refractivity contribution < 1.29 is 14.3 Å². The first kappa shape index (κ1) is 19.1. The Bertz CT molecular complexity index is 842. The fourth-order valence-corrected chi connectivity index (χ4v) is 3.84. The number of rotatable bonds is 6. The van der Waals surface area contributed by atoms with E-state index in [2.05, 4.69) is 17.4 Å². The van der Waals surface area contributed by atoms with Crippen LogP contribution < -0.4 is 5.32 Å². The van der Waals surface area contributed by atoms with E-state index in [1.807, 2.05) is 6.07 Å². The minimum Gasteiger partial charge on any atom is -0.455 e. The van der Waals surface area contributed by atoms with Crippen molar-refractivity contribution in [3.8, 4) is 0 Å². The number of hydrogen-bond donors (Lipinski definition) is 1. The summed E-state index contributed by atoms with van der Waals surface area (Å²) in [4.78, 5) is 24.8. The predicted molar refractivity (Wildman–Crippen MR) is 105 cm³/mol. The van der Waals surface area contributed by atoms with Gasteiger partial charge in [-0.2, -0.15) is 0 Å². The molecule has 3 rings (SSSR count). The van der Waals surface area contributed by atoms with Gasteiger partial charge in [0.05, 0.1) is 16.5 Å². The number of hydrogen-bond acceptors (Lipinski definition) is 4. The molecule has 4 nitrogen and oxygen atoms in total. The van der Waals surface area contributed by atoms with Crippen molar-refractivity contribution in [3.63, 3.8) is 0 Å². The zero-order chi connectivity index (χ0) is 18.5. The number of carbonyl (C=O) groups excluding carboxylic acids is 2. The van der Waals surface area contributed by atoms with Crippen LogP contribution in [-0.2, 0) is 27.2 Å². The maximum atomic E-state index is 11.9. The summed E-state index contributed by atoms with van der Waals surface area (Å²) in [5.74, 6) is -0.753. The largest absolute Gasteiger partial charge is 0.455 e. The molecule has 1 aliphatic rings. The van der Waals surface area contributed by atoms with Crippen LogP contribution in [0.3, 0.4) is 0 Å². The molecule has 1 aliphatic carbocycles. The van der Waals surface area contributed by atoms with Crippen molar-refractivity contribution >= 4 is 52.5 Å². The Morgan fingerprint density at radius 3 is 2.73 bits per heavy atom. The van der Waals surface area contributed by atoms with Gasteiger partial charge in [0.2, 0.25) is 0 Å². The number of aryl methyl sites for hydroxylation is 2. The third-order valence-electron chi connectivity index (χ3n) is 3.99. The van der Waals surface area contributed by atoms with Crippen LogP contribution in [0.4, 0.5) is 5.69 Å². The quantitative estimate of drug-likeness (QED) is 0.551. The molecule has 0 unspecified atom stereocenters. The van der Waals surface area contributed by atoms with Gasteiger partial charge in [-0.3, -0.25) is 9.59 Å². The van der Waals surface area contributed by atoms with E-state index in [4.69, 9.17) is 27.9 Å². The number of fused-ring (bicyclic) bond motifs is 1. The van der Waals surface area contributed by atoms with Crippen LogP contribution in [0.15, 0.2) is 41.3 Å². The highest BCUT2D eigenvalue weighted by atomic mass is 35.5. The molecule has 7 heteroatoms. The highest BCUT2D eigenvalue weighted by Crippen LogP contribution is 2.28. The van der Waals surface area contributed by atoms with Crippen molar-refractivity contribution in [2.75, 3.05) is 17.7 Å². The molecular formula is C19H17Cl2NO3S. The van der Waals surface area contributed by atoms with Gasteiger partial charge in [-0.15, -0.1) is 11.8 Å². The predicted octanol–water partition coefficient (Wildman–Crippen LogP) is 4.76. The van der Waals surface area contributed by atoms with E-state index in [1.54, 1.807) is 12.1 Å². The van der Waals surface area contributed by atoms with Crippen molar-refractivity contribution in [1.29, 1.82) is 0 Å². The Kier molecular flexibility index (Phi) is 6.46. The molecule has 1 N–H and O–H groups in total. The first-order valence-corrected chi connectivity index (χ1v) is 9.90. The molecule has 0 saturated carbocycles. The number of amides is 1. The van der Waals surface area contributed by atoms with E-state index < -0.39 is 11.9 Å². The summed E-state index contributed by atoms with van der Waals surface area (Å²) >= 11 is 13.3. The van der Waals surface area contributed by atoms with Crippen LogP contribution >= 0.6 is 35.0 Å². The highest BCUT2D eigenvalue weighted by molar-refractivity contribution is 8.00. The molecule has 2 aromatic rings. The first-order valence-electron chi connectivity index (χ1n) is 8.16. The van der Waals surface area contributed by atoms with Gasteiger partial charge in [-0.1, -0.05) is 29.3 Å². The lowest BCUT2D eigenvalue weighted by molar-refractivity contribution is -0.144. The van der Waals surface area contributed by atoms with Crippen LogP contribution in [0.25, 0.3) is 0 Å². The number of esters is 1. The number of thioether (sulfide) groups is 1. The molecule has 0 spiro atoms. The molecular weight excluding hydrogens is 393 g/mol. The van der Waals surface area contributed by atoms with Crippen LogP contribution in [-0.4, -0.2) is 24.2 Å². The summed E-state index contributed by atoms with van der Waals surface area (Å²) in [7, 11) is 0. The van der Waals surface area contributed by atoms with Gasteiger partial charge in [0, 0.05) is 9.92 Å². The fraction of sp³-hybridized carbons (Fsp3) is 0.263. The molecule has 0 radical (unpaired) electrons. The summed E-state index contributed by atoms with van der Waals surface area (Å²) in [6.07, 6.45) is 3.42. The van der Waals surface area contributed by atoms with Crippen molar-refractivity contribution in [2.24, 2.45) is 0 Å². The highest BCUT2D eigenvalue weighted by Gasteiger charge is 2.13. The van der Waals surface area contributed by atoms with Gasteiger partial charge in [-0.25, -0.2) is 0 Å². The molecule has 0 aliphatic heterocycles. The zero-order valence-electron chi connectivity index (χ0n) is 13.9. The number of carbonyl (C=O) groups is 2. The zero-order valence-corrected chi connectivity index (χ0v) is 16.2. The van der Waals surface area contributed by atoms with E-state index in [0.717, 1.165) is 17.7 Å². The van der Waals surface area contributed by atoms with Gasteiger partial charge in [0.1, 0.15) is 0 Å². The number of benzene rings is 2. The Hall–Kier alpha value is -1.69. The maximum absolute atomic E-state index is 11.9. The van der Waals surface area contributed by atoms with E-state index in [0.29, 0.717) is 15.7 Å². The summed E-state index contributed by atoms with van der Waals surface area (Å²) < 4.78 is 5.01. The minimum absolute atomic E-state index is 0.157. The summed E-state index contributed by atoms with van der Waals surface area (Å²) in [6.45, 7) is -0.369. The fourth-order valence-electron chi connectivity index (χ4n) is 2.75. The molecule has 136 valence electrons. The monoisotopic (exact) mass is 409 g/mol. The Balaban J connectivity index is 1.43. The SMILES string of the molecule is O=C(COC(=O)CSc1ccc2c(c1)CCC2)Nc1cc(Cl)ccc1Cl. The van der Waals surface area contributed by atoms with Crippen molar-refractivity contribution in [2.45, 2.75) is 24.2 Å². The van der Waals surface area contributed by atoms with E-state index in [9.17, 15) is 9.59 Å². The summed E-state index contributed by atoms with van der Waals surface area (Å²) in [5.41, 5.74) is 3.14. The molecule has 1 amide bonds. The van der Waals surface area contributed by atoms with Gasteiger partial charge >= 0.3 is 5.97 Å². The average molecular weight is 410 g/mol. The van der Waals surface area contributed by atoms with E-state index >= 15 is 0 Å². The van der Waals surface area contributed by atoms with E-state index in [1.165, 1.54) is 35.4 Å². The lowest BCUT2D eigenvalue weighted by Gasteiger charge is -2.09. The molecule has 0 bridgehead atoms. The van der Waals surface area contributed by atoms with Crippen LogP contribution in [0.2, 0.25) is 10.0 Å². The molecule has 0 atom stereocenters. The average Bonchev–Trinajstić information content (AvgIpc) is 3.09. The smallest absolute Gasteiger partial charge is 0.316 e. The standard InChI is InChI=1S/C19H17Cl2NO3S/c20-14-5-7-16(21)17(9-14)22-18(23)10-25-19(24)11-26-15-6-4-12-2-1-3-13(12)8-15/h4-9H,1-3,10-11H2,(H,22,23). The second-order valence-electron chi connectivity index (χ2n) is 5.91. The molecule has 0 saturated heterocycles. The van der Waals surface area contributed by atoms with Crippen LogP contribution in [0, 0.1) is 0 Å². The first-order chi connectivity index (χ1) is 12.5. The van der Waals surface area contributed by atoms with Gasteiger partial charge in [0.25, 0.3) is 5.91 Å². The normalized spacial score (nSPS) is 12.5. The Morgan fingerprint density at radius 2 is 1.88 bits per heavy atom. The van der Waals surface area contributed by atoms with Crippen LogP contribution in [0.5, 0.6) is 0 Å². The lowest BCUT2D eigenvalue weighted by Crippen LogP contribution is -2.21. The molecule has 26 heavy (non-hydrogen) atoms. The molecule has 0 heterocycles. The third kappa shape index (κ3) is 5.16. The molecule has 2 aromatic carbocycles. The van der Waals surface area contributed by atoms with Crippen molar-refractivity contribution in [1.82, 2.24) is 0 Å². The summed E-state index contributed by atoms with van der Waals surface area (Å²) in [6, 6.07) is 11.0. The minimum atomic E-state index is -0.468. The topological polar surface area (TPSA) is 55.4 Å². The number of nitrogens with one attached hydrogen (secondary N) is 1. The number of anilines is 1. The maximum Gasteiger partial charge on any atom is 0.316 e. The second kappa shape index (κ2) is 8.80. The van der Waals surface area contributed by atoms with Gasteiger partial charge in [0.15, 0.2) is 6.61 Å². The Labute approximate surface area is 166 Å². The van der Waals surface area contributed by atoms with E-state index in [-0.39, 0.29) is 12.4 Å². The van der Waals surface area contributed by atoms with Crippen molar-refractivity contribution in [3.05, 3.63) is 57.6 Å². The molecule has 0 aromatic heterocycles. The number of halogens is 2. The van der Waals surface area contributed by atoms with Gasteiger partial charge < -0.3 is 10.1 Å². The number of ether oxygens (including phenoxy) is 1. The third-order valence-corrected chi connectivity index (χ3v) is 5.53. The lowest BCUT2D eigenvalue weighted by atomic mass is 10.1. The van der Waals surface area contributed by atoms with Crippen LogP contribution in [0.1, 0.15) is 17.5 Å².